The molecule has 1 fully saturated rings. The van der Waals surface area contributed by atoms with Crippen LogP contribution in [0.3, 0.4) is 0 Å². The molecule has 1 aliphatic rings. The lowest BCUT2D eigenvalue weighted by molar-refractivity contribution is 0.148. The first-order chi connectivity index (χ1) is 6.75. The van der Waals surface area contributed by atoms with Crippen molar-refractivity contribution in [3.63, 3.8) is 0 Å². The molecule has 0 atom stereocenters. The third kappa shape index (κ3) is 2.35. The molecule has 0 aromatic carbocycles. The molecule has 2 nitrogen and oxygen atoms in total. The molecule has 1 saturated heterocycles. The number of hydrogen-bond donors (Lipinski definition) is 0. The predicted octanol–water partition coefficient (Wildman–Crippen LogP) is 1.80. The molecule has 2 heterocycles. The Morgan fingerprint density at radius 2 is 2.00 bits per heavy atom. The molecule has 0 saturated carbocycles. The Hall–Kier alpha value is -0.380. The zero-order valence-corrected chi connectivity index (χ0v) is 9.81. The van der Waals surface area contributed by atoms with Crippen LogP contribution in [-0.2, 0) is 6.54 Å². The highest BCUT2D eigenvalue weighted by Crippen LogP contribution is 2.17. The van der Waals surface area contributed by atoms with Crippen molar-refractivity contribution in [1.29, 1.82) is 0 Å². The number of likely N-dealkylation sites (N-methyl/N-ethyl adjacent to an activating group) is 1. The molecular formula is C11H18N2S. The summed E-state index contributed by atoms with van der Waals surface area (Å²) in [7, 11) is 2.20. The van der Waals surface area contributed by atoms with Crippen LogP contribution in [0.4, 0.5) is 0 Å². The molecule has 0 radical (unpaired) electrons. The van der Waals surface area contributed by atoms with Gasteiger partial charge in [0.05, 0.1) is 0 Å². The van der Waals surface area contributed by atoms with Crippen LogP contribution in [0.1, 0.15) is 10.4 Å². The highest BCUT2D eigenvalue weighted by molar-refractivity contribution is 7.10. The van der Waals surface area contributed by atoms with Crippen LogP contribution in [0.25, 0.3) is 0 Å². The fourth-order valence-electron chi connectivity index (χ4n) is 1.82. The van der Waals surface area contributed by atoms with E-state index in [1.54, 1.807) is 0 Å². The molecule has 0 unspecified atom stereocenters. The quantitative estimate of drug-likeness (QED) is 0.734. The summed E-state index contributed by atoms with van der Waals surface area (Å²) in [5, 5.41) is 2.20. The first kappa shape index (κ1) is 10.1. The first-order valence-corrected chi connectivity index (χ1v) is 6.07. The summed E-state index contributed by atoms with van der Waals surface area (Å²) in [6.07, 6.45) is 0. The first-order valence-electron chi connectivity index (χ1n) is 5.19. The van der Waals surface area contributed by atoms with Gasteiger partial charge in [-0.05, 0) is 31.0 Å². The molecule has 1 aliphatic heterocycles. The molecular weight excluding hydrogens is 192 g/mol. The molecule has 14 heavy (non-hydrogen) atoms. The van der Waals surface area contributed by atoms with E-state index < -0.39 is 0 Å². The van der Waals surface area contributed by atoms with Crippen molar-refractivity contribution in [2.24, 2.45) is 0 Å². The van der Waals surface area contributed by atoms with Crippen molar-refractivity contribution >= 4 is 11.3 Å². The van der Waals surface area contributed by atoms with Crippen molar-refractivity contribution in [2.45, 2.75) is 13.5 Å². The lowest BCUT2D eigenvalue weighted by Gasteiger charge is -2.32. The van der Waals surface area contributed by atoms with Crippen LogP contribution in [0.2, 0.25) is 0 Å². The number of hydrogen-bond acceptors (Lipinski definition) is 3. The van der Waals surface area contributed by atoms with Crippen molar-refractivity contribution in [2.75, 3.05) is 33.2 Å². The lowest BCUT2D eigenvalue weighted by atomic mass is 10.2. The second-order valence-electron chi connectivity index (χ2n) is 4.08. The van der Waals surface area contributed by atoms with E-state index in [9.17, 15) is 0 Å². The summed E-state index contributed by atoms with van der Waals surface area (Å²) in [4.78, 5) is 6.43. The second kappa shape index (κ2) is 4.43. The maximum atomic E-state index is 2.55. The average Bonchev–Trinajstić information content (AvgIpc) is 2.56. The molecule has 0 N–H and O–H groups in total. The van der Waals surface area contributed by atoms with Gasteiger partial charge in [0, 0.05) is 37.6 Å². The molecule has 1 aromatic heterocycles. The monoisotopic (exact) mass is 210 g/mol. The molecule has 0 bridgehead atoms. The summed E-state index contributed by atoms with van der Waals surface area (Å²) in [5.41, 5.74) is 1.51. The fraction of sp³-hybridized carbons (Fsp3) is 0.636. The molecule has 2 rings (SSSR count). The zero-order valence-electron chi connectivity index (χ0n) is 8.99. The van der Waals surface area contributed by atoms with Crippen LogP contribution in [0, 0.1) is 6.92 Å². The Morgan fingerprint density at radius 3 is 2.57 bits per heavy atom. The van der Waals surface area contributed by atoms with Gasteiger partial charge < -0.3 is 4.90 Å². The normalized spacial score (nSPS) is 20.1. The van der Waals surface area contributed by atoms with Crippen LogP contribution in [0.15, 0.2) is 11.4 Å². The largest absolute Gasteiger partial charge is 0.304 e. The summed E-state index contributed by atoms with van der Waals surface area (Å²) >= 11 is 1.86. The average molecular weight is 210 g/mol. The predicted molar refractivity (Wildman–Crippen MR) is 61.8 cm³/mol. The Kier molecular flexibility index (Phi) is 3.21. The molecule has 3 heteroatoms. The van der Waals surface area contributed by atoms with Crippen molar-refractivity contribution in [3.05, 3.63) is 21.9 Å². The van der Waals surface area contributed by atoms with E-state index in [-0.39, 0.29) is 0 Å². The smallest absolute Gasteiger partial charge is 0.0245 e. The van der Waals surface area contributed by atoms with Gasteiger partial charge in [0.15, 0.2) is 0 Å². The highest BCUT2D eigenvalue weighted by atomic mass is 32.1. The maximum absolute atomic E-state index is 2.55. The summed E-state index contributed by atoms with van der Waals surface area (Å²) < 4.78 is 0. The number of thiophene rings is 1. The van der Waals surface area contributed by atoms with Gasteiger partial charge in [-0.1, -0.05) is 0 Å². The van der Waals surface area contributed by atoms with Gasteiger partial charge in [-0.15, -0.1) is 11.3 Å². The van der Waals surface area contributed by atoms with Gasteiger partial charge in [-0.3, -0.25) is 4.90 Å². The van der Waals surface area contributed by atoms with E-state index in [4.69, 9.17) is 0 Å². The molecule has 0 spiro atoms. The molecule has 0 amide bonds. The van der Waals surface area contributed by atoms with Gasteiger partial charge >= 0.3 is 0 Å². The maximum Gasteiger partial charge on any atom is 0.0245 e. The summed E-state index contributed by atoms with van der Waals surface area (Å²) in [6, 6.07) is 2.26. The minimum Gasteiger partial charge on any atom is -0.304 e. The number of piperazine rings is 1. The Bertz CT molecular complexity index is 287. The number of rotatable bonds is 2. The van der Waals surface area contributed by atoms with E-state index in [1.807, 2.05) is 11.3 Å². The van der Waals surface area contributed by atoms with Crippen molar-refractivity contribution in [3.8, 4) is 0 Å². The van der Waals surface area contributed by atoms with Gasteiger partial charge in [-0.2, -0.15) is 0 Å². The second-order valence-corrected chi connectivity index (χ2v) is 5.20. The highest BCUT2D eigenvalue weighted by Gasteiger charge is 2.14. The van der Waals surface area contributed by atoms with E-state index >= 15 is 0 Å². The molecule has 1 aromatic rings. The van der Waals surface area contributed by atoms with E-state index in [0.717, 1.165) is 6.54 Å². The zero-order chi connectivity index (χ0) is 9.97. The lowest BCUT2D eigenvalue weighted by Crippen LogP contribution is -2.43. The van der Waals surface area contributed by atoms with E-state index in [2.05, 4.69) is 35.2 Å². The van der Waals surface area contributed by atoms with Crippen molar-refractivity contribution < 1.29 is 0 Å². The van der Waals surface area contributed by atoms with Gasteiger partial charge in [0.2, 0.25) is 0 Å². The molecule has 78 valence electrons. The van der Waals surface area contributed by atoms with E-state index in [0.29, 0.717) is 0 Å². The van der Waals surface area contributed by atoms with Crippen LogP contribution >= 0.6 is 11.3 Å². The third-order valence-electron chi connectivity index (χ3n) is 2.96. The Labute approximate surface area is 90.1 Å². The number of aryl methyl sites for hydroxylation is 1. The van der Waals surface area contributed by atoms with E-state index in [1.165, 1.54) is 36.6 Å². The van der Waals surface area contributed by atoms with Crippen LogP contribution in [0.5, 0.6) is 0 Å². The van der Waals surface area contributed by atoms with Gasteiger partial charge in [0.1, 0.15) is 0 Å². The molecule has 0 aliphatic carbocycles. The van der Waals surface area contributed by atoms with Gasteiger partial charge in [-0.25, -0.2) is 0 Å². The number of nitrogens with zero attached hydrogens (tertiary/aromatic N) is 2. The van der Waals surface area contributed by atoms with Gasteiger partial charge in [0.25, 0.3) is 0 Å². The Morgan fingerprint density at radius 1 is 1.29 bits per heavy atom. The van der Waals surface area contributed by atoms with Crippen molar-refractivity contribution in [1.82, 2.24) is 9.80 Å². The minimum absolute atomic E-state index is 1.14. The standard InChI is InChI=1S/C11H18N2S/c1-10-11(3-8-14-10)9-13-6-4-12(2)5-7-13/h3,8H,4-7,9H2,1-2H3. The van der Waals surface area contributed by atoms with Crippen LogP contribution < -0.4 is 0 Å². The fourth-order valence-corrected chi connectivity index (χ4v) is 2.54. The third-order valence-corrected chi connectivity index (χ3v) is 3.84. The topological polar surface area (TPSA) is 6.48 Å². The Balaban J connectivity index is 1.89. The minimum atomic E-state index is 1.14. The SMILES string of the molecule is Cc1sccc1CN1CCN(C)CC1. The summed E-state index contributed by atoms with van der Waals surface area (Å²) in [5.74, 6) is 0. The summed E-state index contributed by atoms with van der Waals surface area (Å²) in [6.45, 7) is 8.21. The van der Waals surface area contributed by atoms with Crippen LogP contribution in [-0.4, -0.2) is 43.0 Å².